The molecule has 2 rings (SSSR count). The van der Waals surface area contributed by atoms with Crippen LogP contribution in [0.5, 0.6) is 5.75 Å². The maximum Gasteiger partial charge on any atom is 0.419 e. The van der Waals surface area contributed by atoms with E-state index in [1.165, 1.54) is 20.1 Å². The van der Waals surface area contributed by atoms with Crippen LogP contribution < -0.4 is 4.74 Å². The lowest BCUT2D eigenvalue weighted by atomic mass is 10.1. The van der Waals surface area contributed by atoms with Gasteiger partial charge in [-0.2, -0.15) is 18.3 Å². The van der Waals surface area contributed by atoms with Gasteiger partial charge in [0.05, 0.1) is 30.1 Å². The summed E-state index contributed by atoms with van der Waals surface area (Å²) in [6, 6.07) is 4.65. The molecule has 0 spiro atoms. The highest BCUT2D eigenvalue weighted by Gasteiger charge is 2.32. The number of aromatic nitrogens is 2. The maximum absolute atomic E-state index is 12.6. The Bertz CT molecular complexity index is 647. The zero-order chi connectivity index (χ0) is 14.9. The van der Waals surface area contributed by atoms with Gasteiger partial charge in [0.25, 0.3) is 0 Å². The minimum absolute atomic E-state index is 0.187. The number of nitrogens with zero attached hydrogens (tertiary/aromatic N) is 2. The predicted octanol–water partition coefficient (Wildman–Crippen LogP) is 3.10. The summed E-state index contributed by atoms with van der Waals surface area (Å²) >= 11 is 0. The predicted molar refractivity (Wildman–Crippen MR) is 65.1 cm³/mol. The first-order chi connectivity index (χ1) is 9.34. The number of alkyl halides is 3. The number of hydrogen-bond acceptors (Lipinski definition) is 3. The second-order valence-corrected chi connectivity index (χ2v) is 4.08. The number of methoxy groups -OCH3 is 1. The first-order valence-electron chi connectivity index (χ1n) is 5.64. The lowest BCUT2D eigenvalue weighted by Crippen LogP contribution is -2.07. The van der Waals surface area contributed by atoms with Gasteiger partial charge in [0, 0.05) is 6.20 Å². The molecular weight excluding hydrogens is 273 g/mol. The van der Waals surface area contributed by atoms with Crippen LogP contribution in [0.15, 0.2) is 30.6 Å². The number of rotatable bonds is 3. The molecule has 0 unspecified atom stereocenters. The van der Waals surface area contributed by atoms with E-state index in [9.17, 15) is 18.0 Å². The molecule has 106 valence electrons. The van der Waals surface area contributed by atoms with Crippen LogP contribution in [0, 0.1) is 0 Å². The smallest absolute Gasteiger partial charge is 0.419 e. The van der Waals surface area contributed by atoms with Crippen LogP contribution in [0.4, 0.5) is 13.2 Å². The summed E-state index contributed by atoms with van der Waals surface area (Å²) in [5.41, 5.74) is -0.450. The summed E-state index contributed by atoms with van der Waals surface area (Å²) in [5.74, 6) is -0.0273. The van der Waals surface area contributed by atoms with Gasteiger partial charge in [-0.05, 0) is 19.1 Å². The Morgan fingerprint density at radius 1 is 1.35 bits per heavy atom. The first-order valence-corrected chi connectivity index (χ1v) is 5.64. The highest BCUT2D eigenvalue weighted by Crippen LogP contribution is 2.31. The lowest BCUT2D eigenvalue weighted by Gasteiger charge is -2.11. The van der Waals surface area contributed by atoms with Gasteiger partial charge in [-0.25, -0.2) is 4.68 Å². The fourth-order valence-electron chi connectivity index (χ4n) is 1.84. The first kappa shape index (κ1) is 14.1. The second kappa shape index (κ2) is 4.99. The highest BCUT2D eigenvalue weighted by atomic mass is 19.4. The fourth-order valence-corrected chi connectivity index (χ4v) is 1.84. The maximum atomic E-state index is 12.6. The van der Waals surface area contributed by atoms with Gasteiger partial charge in [-0.1, -0.05) is 6.07 Å². The van der Waals surface area contributed by atoms with E-state index in [1.807, 2.05) is 0 Å². The Labute approximate surface area is 112 Å². The molecule has 0 amide bonds. The molecule has 0 aliphatic carbocycles. The summed E-state index contributed by atoms with van der Waals surface area (Å²) in [4.78, 5) is 11.7. The lowest BCUT2D eigenvalue weighted by molar-refractivity contribution is -0.137. The average Bonchev–Trinajstić information content (AvgIpc) is 2.86. The second-order valence-electron chi connectivity index (χ2n) is 4.08. The molecule has 0 aliphatic heterocycles. The van der Waals surface area contributed by atoms with Crippen molar-refractivity contribution in [1.29, 1.82) is 0 Å². The van der Waals surface area contributed by atoms with E-state index in [1.54, 1.807) is 12.1 Å². The zero-order valence-electron chi connectivity index (χ0n) is 10.7. The third-order valence-electron chi connectivity index (χ3n) is 2.73. The molecule has 0 N–H and O–H groups in total. The van der Waals surface area contributed by atoms with Gasteiger partial charge in [-0.15, -0.1) is 0 Å². The third-order valence-corrected chi connectivity index (χ3v) is 2.73. The van der Waals surface area contributed by atoms with Crippen LogP contribution >= 0.6 is 0 Å². The number of carbonyl (C=O) groups excluding carboxylic acids is 1. The Morgan fingerprint density at radius 2 is 2.05 bits per heavy atom. The number of halogens is 3. The third kappa shape index (κ3) is 2.52. The Morgan fingerprint density at radius 3 is 2.55 bits per heavy atom. The zero-order valence-corrected chi connectivity index (χ0v) is 10.7. The molecule has 0 bridgehead atoms. The number of benzene rings is 1. The Hall–Kier alpha value is -2.31. The molecule has 0 fully saturated rings. The van der Waals surface area contributed by atoms with Crippen molar-refractivity contribution in [2.24, 2.45) is 0 Å². The van der Waals surface area contributed by atoms with E-state index < -0.39 is 11.7 Å². The van der Waals surface area contributed by atoms with E-state index >= 15 is 0 Å². The van der Waals surface area contributed by atoms with Crippen molar-refractivity contribution in [3.05, 3.63) is 41.7 Å². The highest BCUT2D eigenvalue weighted by molar-refractivity contribution is 6.00. The van der Waals surface area contributed by atoms with Crippen molar-refractivity contribution in [3.8, 4) is 11.4 Å². The standard InChI is InChI=1S/C13H11F3N2O2/c1-8(19)12-10(4-3-5-11(12)20-2)18-7-9(6-17-18)13(14,15)16/h3-7H,1-2H3. The van der Waals surface area contributed by atoms with Crippen molar-refractivity contribution in [3.63, 3.8) is 0 Å². The van der Waals surface area contributed by atoms with Crippen LogP contribution in [-0.4, -0.2) is 22.7 Å². The molecule has 7 heteroatoms. The molecule has 0 saturated carbocycles. The van der Waals surface area contributed by atoms with Crippen LogP contribution in [-0.2, 0) is 6.18 Å². The molecular formula is C13H11F3N2O2. The Kier molecular flexibility index (Phi) is 3.52. The fraction of sp³-hybridized carbons (Fsp3) is 0.231. The minimum Gasteiger partial charge on any atom is -0.496 e. The van der Waals surface area contributed by atoms with E-state index in [4.69, 9.17) is 4.74 Å². The number of ether oxygens (including phenoxy) is 1. The monoisotopic (exact) mass is 284 g/mol. The van der Waals surface area contributed by atoms with Crippen LogP contribution in [0.3, 0.4) is 0 Å². The van der Waals surface area contributed by atoms with Gasteiger partial charge in [0.15, 0.2) is 5.78 Å². The normalized spacial score (nSPS) is 11.4. The number of hydrogen-bond donors (Lipinski definition) is 0. The molecule has 1 heterocycles. The van der Waals surface area contributed by atoms with E-state index in [0.29, 0.717) is 11.9 Å². The van der Waals surface area contributed by atoms with Crippen molar-refractivity contribution in [1.82, 2.24) is 9.78 Å². The SMILES string of the molecule is COc1cccc(-n2cc(C(F)(F)F)cn2)c1C(C)=O. The topological polar surface area (TPSA) is 44.1 Å². The van der Waals surface area contributed by atoms with E-state index in [0.717, 1.165) is 10.9 Å². The summed E-state index contributed by atoms with van der Waals surface area (Å²) in [5, 5.41) is 3.66. The van der Waals surface area contributed by atoms with Crippen molar-refractivity contribution in [2.75, 3.05) is 7.11 Å². The van der Waals surface area contributed by atoms with Gasteiger partial charge >= 0.3 is 6.18 Å². The van der Waals surface area contributed by atoms with Crippen molar-refractivity contribution >= 4 is 5.78 Å². The van der Waals surface area contributed by atoms with Crippen molar-refractivity contribution in [2.45, 2.75) is 13.1 Å². The largest absolute Gasteiger partial charge is 0.496 e. The summed E-state index contributed by atoms with van der Waals surface area (Å²) in [6.07, 6.45) is -2.93. The molecule has 0 aliphatic rings. The Balaban J connectivity index is 2.58. The van der Waals surface area contributed by atoms with Gasteiger partial charge < -0.3 is 4.74 Å². The van der Waals surface area contributed by atoms with Gasteiger partial charge in [0.1, 0.15) is 5.75 Å². The summed E-state index contributed by atoms with van der Waals surface area (Å²) in [6.45, 7) is 1.32. The number of Topliss-reactive ketones (excluding diaryl/α,β-unsaturated/α-hetero) is 1. The summed E-state index contributed by atoms with van der Waals surface area (Å²) in [7, 11) is 1.38. The average molecular weight is 284 g/mol. The molecule has 20 heavy (non-hydrogen) atoms. The van der Waals surface area contributed by atoms with Gasteiger partial charge in [0.2, 0.25) is 0 Å². The molecule has 1 aromatic heterocycles. The van der Waals surface area contributed by atoms with Gasteiger partial charge in [-0.3, -0.25) is 4.79 Å². The van der Waals surface area contributed by atoms with Crippen LogP contribution in [0.1, 0.15) is 22.8 Å². The molecule has 0 saturated heterocycles. The number of carbonyl (C=O) groups is 1. The van der Waals surface area contributed by atoms with E-state index in [-0.39, 0.29) is 17.0 Å². The van der Waals surface area contributed by atoms with Crippen LogP contribution in [0.25, 0.3) is 5.69 Å². The molecule has 0 atom stereocenters. The number of ketones is 1. The van der Waals surface area contributed by atoms with E-state index in [2.05, 4.69) is 5.10 Å². The minimum atomic E-state index is -4.48. The van der Waals surface area contributed by atoms with Crippen LogP contribution in [0.2, 0.25) is 0 Å². The quantitative estimate of drug-likeness (QED) is 0.813. The van der Waals surface area contributed by atoms with Crippen molar-refractivity contribution < 1.29 is 22.7 Å². The molecule has 4 nitrogen and oxygen atoms in total. The summed E-state index contributed by atoms with van der Waals surface area (Å²) < 4.78 is 43.8. The molecule has 0 radical (unpaired) electrons. The molecule has 1 aromatic carbocycles. The molecule has 2 aromatic rings.